The Balaban J connectivity index is 2.59. The third kappa shape index (κ3) is 4.20. The van der Waals surface area contributed by atoms with Crippen molar-refractivity contribution in [3.63, 3.8) is 0 Å². The molecule has 0 unspecified atom stereocenters. The molecule has 4 nitrogen and oxygen atoms in total. The fourth-order valence-corrected chi connectivity index (χ4v) is 1.97. The molecule has 0 aromatic carbocycles. The van der Waals surface area contributed by atoms with Crippen LogP contribution in [0.4, 0.5) is 0 Å². The van der Waals surface area contributed by atoms with Gasteiger partial charge in [0, 0.05) is 12.7 Å². The molecule has 1 aromatic heterocycles. The van der Waals surface area contributed by atoms with Crippen LogP contribution in [0.3, 0.4) is 0 Å². The zero-order chi connectivity index (χ0) is 11.8. The summed E-state index contributed by atoms with van der Waals surface area (Å²) in [6.45, 7) is 3.74. The minimum absolute atomic E-state index is 0.231. The molecule has 0 aliphatic carbocycles. The van der Waals surface area contributed by atoms with Gasteiger partial charge < -0.3 is 10.1 Å². The molecule has 0 saturated heterocycles. The van der Waals surface area contributed by atoms with Crippen molar-refractivity contribution in [2.45, 2.75) is 18.5 Å². The highest BCUT2D eigenvalue weighted by Crippen LogP contribution is 2.19. The second kappa shape index (κ2) is 7.24. The number of pyridine rings is 1. The van der Waals surface area contributed by atoms with E-state index in [1.54, 1.807) is 6.20 Å². The Morgan fingerprint density at radius 3 is 3.12 bits per heavy atom. The fraction of sp³-hybridized carbons (Fsp3) is 0.455. The maximum Gasteiger partial charge on any atom is 0.316 e. The van der Waals surface area contributed by atoms with Gasteiger partial charge in [-0.15, -0.1) is 0 Å². The Morgan fingerprint density at radius 1 is 1.62 bits per heavy atom. The zero-order valence-electron chi connectivity index (χ0n) is 9.53. The van der Waals surface area contributed by atoms with Gasteiger partial charge in [0.2, 0.25) is 0 Å². The highest BCUT2D eigenvalue weighted by atomic mass is 32.2. The predicted molar refractivity (Wildman–Crippen MR) is 64.4 cm³/mol. The van der Waals surface area contributed by atoms with E-state index in [2.05, 4.69) is 22.0 Å². The average molecular weight is 240 g/mol. The van der Waals surface area contributed by atoms with Crippen LogP contribution < -0.4 is 5.32 Å². The third-order valence-electron chi connectivity index (χ3n) is 1.97. The molecule has 1 rings (SSSR count). The average Bonchev–Trinajstić information content (AvgIpc) is 2.34. The Kier molecular flexibility index (Phi) is 5.88. The number of ether oxygens (including phenoxy) is 1. The van der Waals surface area contributed by atoms with Crippen LogP contribution in [0.2, 0.25) is 0 Å². The van der Waals surface area contributed by atoms with Crippen LogP contribution in [-0.2, 0) is 16.1 Å². The summed E-state index contributed by atoms with van der Waals surface area (Å²) in [6.07, 6.45) is 1.73. The number of methoxy groups -OCH3 is 1. The minimum Gasteiger partial charge on any atom is -0.468 e. The lowest BCUT2D eigenvalue weighted by molar-refractivity contribution is -0.137. The molecule has 5 heteroatoms. The molecule has 1 aromatic rings. The lowest BCUT2D eigenvalue weighted by Crippen LogP contribution is -2.13. The normalized spacial score (nSPS) is 10.1. The number of thioether (sulfide) groups is 1. The number of hydrogen-bond donors (Lipinski definition) is 1. The van der Waals surface area contributed by atoms with Crippen molar-refractivity contribution in [2.75, 3.05) is 19.4 Å². The molecule has 0 radical (unpaired) electrons. The first-order valence-corrected chi connectivity index (χ1v) is 6.10. The standard InChI is InChI=1S/C11H16N2O2S/c1-3-12-7-9-5-4-6-13-11(9)16-8-10(14)15-2/h4-6,12H,3,7-8H2,1-2H3. The van der Waals surface area contributed by atoms with Crippen LogP contribution in [-0.4, -0.2) is 30.4 Å². The van der Waals surface area contributed by atoms with Gasteiger partial charge in [-0.3, -0.25) is 4.79 Å². The number of aromatic nitrogens is 1. The number of rotatable bonds is 6. The first-order valence-electron chi connectivity index (χ1n) is 5.12. The monoisotopic (exact) mass is 240 g/mol. The number of nitrogens with zero attached hydrogens (tertiary/aromatic N) is 1. The van der Waals surface area contributed by atoms with Gasteiger partial charge in [0.05, 0.1) is 12.9 Å². The minimum atomic E-state index is -0.231. The van der Waals surface area contributed by atoms with E-state index >= 15 is 0 Å². The molecule has 1 N–H and O–H groups in total. The van der Waals surface area contributed by atoms with E-state index in [4.69, 9.17) is 0 Å². The second-order valence-corrected chi connectivity index (χ2v) is 4.08. The van der Waals surface area contributed by atoms with Crippen molar-refractivity contribution in [3.05, 3.63) is 23.9 Å². The summed E-state index contributed by atoms with van der Waals surface area (Å²) >= 11 is 1.40. The molecule has 0 aliphatic heterocycles. The molecule has 0 aliphatic rings. The number of hydrogen-bond acceptors (Lipinski definition) is 5. The fourth-order valence-electron chi connectivity index (χ4n) is 1.13. The van der Waals surface area contributed by atoms with Gasteiger partial charge in [-0.25, -0.2) is 4.98 Å². The Bertz CT molecular complexity index is 345. The number of carbonyl (C=O) groups excluding carboxylic acids is 1. The van der Waals surface area contributed by atoms with Gasteiger partial charge in [-0.1, -0.05) is 24.8 Å². The smallest absolute Gasteiger partial charge is 0.316 e. The highest BCUT2D eigenvalue weighted by molar-refractivity contribution is 7.99. The van der Waals surface area contributed by atoms with Gasteiger partial charge in [0.1, 0.15) is 5.03 Å². The maximum atomic E-state index is 11.0. The largest absolute Gasteiger partial charge is 0.468 e. The van der Waals surface area contributed by atoms with Crippen molar-refractivity contribution in [1.29, 1.82) is 0 Å². The third-order valence-corrected chi connectivity index (χ3v) is 2.99. The summed E-state index contributed by atoms with van der Waals surface area (Å²) in [7, 11) is 1.39. The van der Waals surface area contributed by atoms with Crippen LogP contribution in [0.5, 0.6) is 0 Å². The summed E-state index contributed by atoms with van der Waals surface area (Å²) in [4.78, 5) is 15.3. The second-order valence-electron chi connectivity index (χ2n) is 3.11. The van der Waals surface area contributed by atoms with Crippen LogP contribution in [0.1, 0.15) is 12.5 Å². The molecule has 0 spiro atoms. The molecule has 0 fully saturated rings. The number of nitrogens with one attached hydrogen (secondary N) is 1. The van der Waals surface area contributed by atoms with Gasteiger partial charge >= 0.3 is 5.97 Å². The molecule has 0 atom stereocenters. The summed E-state index contributed by atoms with van der Waals surface area (Å²) < 4.78 is 4.59. The molecule has 1 heterocycles. The van der Waals surface area contributed by atoms with Gasteiger partial charge in [-0.2, -0.15) is 0 Å². The number of carbonyl (C=O) groups is 1. The zero-order valence-corrected chi connectivity index (χ0v) is 10.3. The van der Waals surface area contributed by atoms with Crippen molar-refractivity contribution >= 4 is 17.7 Å². The maximum absolute atomic E-state index is 11.0. The van der Waals surface area contributed by atoms with Crippen LogP contribution in [0.25, 0.3) is 0 Å². The molecule has 0 bridgehead atoms. The summed E-state index contributed by atoms with van der Waals surface area (Å²) in [5, 5.41) is 4.12. The first kappa shape index (κ1) is 13.0. The van der Waals surface area contributed by atoms with Crippen molar-refractivity contribution in [2.24, 2.45) is 0 Å². The SMILES string of the molecule is CCNCc1cccnc1SCC(=O)OC. The van der Waals surface area contributed by atoms with Gasteiger partial charge in [-0.05, 0) is 18.2 Å². The molecule has 16 heavy (non-hydrogen) atoms. The van der Waals surface area contributed by atoms with Crippen LogP contribution in [0, 0.1) is 0 Å². The van der Waals surface area contributed by atoms with Crippen LogP contribution >= 0.6 is 11.8 Å². The van der Waals surface area contributed by atoms with E-state index in [9.17, 15) is 4.79 Å². The highest BCUT2D eigenvalue weighted by Gasteiger charge is 2.07. The van der Waals surface area contributed by atoms with E-state index in [1.807, 2.05) is 12.1 Å². The lowest BCUT2D eigenvalue weighted by Gasteiger charge is -2.07. The Hall–Kier alpha value is -1.07. The number of esters is 1. The van der Waals surface area contributed by atoms with Crippen molar-refractivity contribution in [1.82, 2.24) is 10.3 Å². The van der Waals surface area contributed by atoms with Gasteiger partial charge in [0.15, 0.2) is 0 Å². The van der Waals surface area contributed by atoms with E-state index in [1.165, 1.54) is 18.9 Å². The quantitative estimate of drug-likeness (QED) is 0.602. The van der Waals surface area contributed by atoms with Crippen LogP contribution in [0.15, 0.2) is 23.4 Å². The molecular formula is C11H16N2O2S. The van der Waals surface area contributed by atoms with E-state index in [0.717, 1.165) is 23.7 Å². The van der Waals surface area contributed by atoms with E-state index < -0.39 is 0 Å². The molecule has 88 valence electrons. The molecular weight excluding hydrogens is 224 g/mol. The summed E-state index contributed by atoms with van der Waals surface area (Å²) in [6, 6.07) is 3.91. The van der Waals surface area contributed by atoms with E-state index in [-0.39, 0.29) is 5.97 Å². The van der Waals surface area contributed by atoms with E-state index in [0.29, 0.717) is 5.75 Å². The Morgan fingerprint density at radius 2 is 2.44 bits per heavy atom. The van der Waals surface area contributed by atoms with Crippen molar-refractivity contribution in [3.8, 4) is 0 Å². The molecule has 0 saturated carbocycles. The molecule has 0 amide bonds. The first-order chi connectivity index (χ1) is 7.77. The lowest BCUT2D eigenvalue weighted by atomic mass is 10.3. The Labute approximate surface area is 99.8 Å². The van der Waals surface area contributed by atoms with Gasteiger partial charge in [0.25, 0.3) is 0 Å². The van der Waals surface area contributed by atoms with Crippen molar-refractivity contribution < 1.29 is 9.53 Å². The predicted octanol–water partition coefficient (Wildman–Crippen LogP) is 1.46. The topological polar surface area (TPSA) is 51.2 Å². The summed E-state index contributed by atoms with van der Waals surface area (Å²) in [5.41, 5.74) is 1.11. The summed E-state index contributed by atoms with van der Waals surface area (Å²) in [5.74, 6) is 0.0668.